The number of ether oxygens (including phenoxy) is 1. The van der Waals surface area contributed by atoms with Crippen LogP contribution in [0.15, 0.2) is 12.4 Å². The fourth-order valence-corrected chi connectivity index (χ4v) is 4.53. The first-order valence-electron chi connectivity index (χ1n) is 10.8. The summed E-state index contributed by atoms with van der Waals surface area (Å²) in [4.78, 5) is 25.8. The lowest BCUT2D eigenvalue weighted by atomic mass is 9.96. The Labute approximate surface area is 171 Å². The topological polar surface area (TPSA) is 70.5 Å². The summed E-state index contributed by atoms with van der Waals surface area (Å²) >= 11 is 0. The summed E-state index contributed by atoms with van der Waals surface area (Å²) in [5, 5.41) is 0. The van der Waals surface area contributed by atoms with Gasteiger partial charge in [-0.15, -0.1) is 0 Å². The van der Waals surface area contributed by atoms with Crippen LogP contribution in [0.5, 0.6) is 0 Å². The van der Waals surface area contributed by atoms with Crippen LogP contribution in [-0.4, -0.2) is 72.4 Å². The van der Waals surface area contributed by atoms with E-state index in [0.717, 1.165) is 88.6 Å². The van der Waals surface area contributed by atoms with Gasteiger partial charge in [-0.25, -0.2) is 15.0 Å². The van der Waals surface area contributed by atoms with Crippen LogP contribution in [0.25, 0.3) is 0 Å². The number of anilines is 3. The number of morpholine rings is 1. The normalized spacial score (nSPS) is 20.0. The predicted molar refractivity (Wildman–Crippen MR) is 113 cm³/mol. The summed E-state index contributed by atoms with van der Waals surface area (Å²) in [7, 11) is 0. The van der Waals surface area contributed by atoms with Gasteiger partial charge >= 0.3 is 0 Å². The van der Waals surface area contributed by atoms with Crippen LogP contribution in [0.4, 0.5) is 17.6 Å². The molecule has 2 saturated heterocycles. The molecule has 0 aromatic carbocycles. The summed E-state index contributed by atoms with van der Waals surface area (Å²) in [5.74, 6) is 3.01. The second kappa shape index (κ2) is 8.10. The Kier molecular flexibility index (Phi) is 5.18. The first-order chi connectivity index (χ1) is 14.3. The summed E-state index contributed by atoms with van der Waals surface area (Å²) in [6.45, 7) is 9.06. The molecule has 29 heavy (non-hydrogen) atoms. The maximum atomic E-state index is 5.47. The van der Waals surface area contributed by atoms with Crippen molar-refractivity contribution < 1.29 is 4.74 Å². The van der Waals surface area contributed by atoms with Crippen molar-refractivity contribution in [3.8, 4) is 0 Å². The third-order valence-corrected chi connectivity index (χ3v) is 6.13. The van der Waals surface area contributed by atoms with E-state index in [2.05, 4.69) is 42.6 Å². The Morgan fingerprint density at radius 3 is 2.41 bits per heavy atom. The molecule has 8 heteroatoms. The minimum Gasteiger partial charge on any atom is -0.378 e. The van der Waals surface area contributed by atoms with Gasteiger partial charge in [-0.2, -0.15) is 4.98 Å². The van der Waals surface area contributed by atoms with Crippen LogP contribution in [-0.2, 0) is 17.6 Å². The summed E-state index contributed by atoms with van der Waals surface area (Å²) in [6.07, 6.45) is 6.44. The van der Waals surface area contributed by atoms with Gasteiger partial charge in [-0.3, -0.25) is 0 Å². The number of piperazine rings is 1. The average Bonchev–Trinajstić information content (AvgIpc) is 2.79. The Balaban J connectivity index is 1.30. The van der Waals surface area contributed by atoms with Gasteiger partial charge in [0.15, 0.2) is 0 Å². The fraction of sp³-hybridized carbons (Fsp3) is 0.619. The highest BCUT2D eigenvalue weighted by Crippen LogP contribution is 2.28. The molecule has 0 radical (unpaired) electrons. The molecule has 2 fully saturated rings. The van der Waals surface area contributed by atoms with Gasteiger partial charge in [-0.1, -0.05) is 0 Å². The average molecular weight is 396 g/mol. The maximum Gasteiger partial charge on any atom is 0.227 e. The highest BCUT2D eigenvalue weighted by atomic mass is 16.5. The Hall–Kier alpha value is -2.48. The van der Waals surface area contributed by atoms with Gasteiger partial charge in [0.05, 0.1) is 13.2 Å². The van der Waals surface area contributed by atoms with E-state index in [0.29, 0.717) is 0 Å². The second-order valence-electron chi connectivity index (χ2n) is 8.07. The van der Waals surface area contributed by atoms with E-state index in [1.807, 2.05) is 0 Å². The van der Waals surface area contributed by atoms with Gasteiger partial charge in [0.2, 0.25) is 5.95 Å². The molecule has 5 rings (SSSR count). The lowest BCUT2D eigenvalue weighted by Crippen LogP contribution is -2.47. The number of hydrogen-bond acceptors (Lipinski definition) is 8. The van der Waals surface area contributed by atoms with Crippen LogP contribution >= 0.6 is 0 Å². The van der Waals surface area contributed by atoms with E-state index < -0.39 is 0 Å². The highest BCUT2D eigenvalue weighted by Gasteiger charge is 2.25. The fourth-order valence-electron chi connectivity index (χ4n) is 4.53. The number of fused-ring (bicyclic) bond motifs is 1. The standard InChI is InChI=1S/C21H29N7O/c1-16-14-19(25-21(24-16)28-10-12-29-13-11-28)26-6-8-27(9-7-26)20-17-4-2-3-5-18(17)22-15-23-20/h14-15H,2-13H2,1H3. The molecule has 1 aliphatic carbocycles. The van der Waals surface area contributed by atoms with Crippen molar-refractivity contribution >= 4 is 17.6 Å². The molecule has 8 nitrogen and oxygen atoms in total. The van der Waals surface area contributed by atoms with E-state index >= 15 is 0 Å². The van der Waals surface area contributed by atoms with Gasteiger partial charge in [0, 0.05) is 62.3 Å². The smallest absolute Gasteiger partial charge is 0.227 e. The number of aryl methyl sites for hydroxylation is 2. The highest BCUT2D eigenvalue weighted by molar-refractivity contribution is 5.53. The molecule has 2 aromatic heterocycles. The quantitative estimate of drug-likeness (QED) is 0.777. The van der Waals surface area contributed by atoms with Crippen molar-refractivity contribution in [1.29, 1.82) is 0 Å². The molecule has 4 heterocycles. The number of aromatic nitrogens is 4. The van der Waals surface area contributed by atoms with Crippen molar-refractivity contribution in [2.45, 2.75) is 32.6 Å². The molecule has 2 aliphatic heterocycles. The summed E-state index contributed by atoms with van der Waals surface area (Å²) in [5.41, 5.74) is 3.65. The first kappa shape index (κ1) is 18.5. The molecular formula is C21H29N7O. The number of nitrogens with zero attached hydrogens (tertiary/aromatic N) is 7. The molecule has 0 atom stereocenters. The molecule has 2 aromatic rings. The maximum absolute atomic E-state index is 5.47. The first-order valence-corrected chi connectivity index (χ1v) is 10.8. The third-order valence-electron chi connectivity index (χ3n) is 6.13. The Morgan fingerprint density at radius 1 is 0.828 bits per heavy atom. The zero-order valence-corrected chi connectivity index (χ0v) is 17.2. The Morgan fingerprint density at radius 2 is 1.59 bits per heavy atom. The van der Waals surface area contributed by atoms with Crippen molar-refractivity contribution in [2.75, 3.05) is 67.2 Å². The third kappa shape index (κ3) is 3.85. The van der Waals surface area contributed by atoms with Gasteiger partial charge in [-0.05, 0) is 32.6 Å². The predicted octanol–water partition coefficient (Wildman–Crippen LogP) is 1.62. The van der Waals surface area contributed by atoms with E-state index in [9.17, 15) is 0 Å². The van der Waals surface area contributed by atoms with Gasteiger partial charge < -0.3 is 19.4 Å². The lowest BCUT2D eigenvalue weighted by molar-refractivity contribution is 0.122. The molecule has 0 saturated carbocycles. The lowest BCUT2D eigenvalue weighted by Gasteiger charge is -2.37. The summed E-state index contributed by atoms with van der Waals surface area (Å²) in [6, 6.07) is 2.10. The minimum atomic E-state index is 0.745. The molecule has 0 N–H and O–H groups in total. The molecule has 0 unspecified atom stereocenters. The van der Waals surface area contributed by atoms with Crippen molar-refractivity contribution in [3.63, 3.8) is 0 Å². The van der Waals surface area contributed by atoms with E-state index in [4.69, 9.17) is 9.72 Å². The van der Waals surface area contributed by atoms with Crippen molar-refractivity contribution in [1.82, 2.24) is 19.9 Å². The molecular weight excluding hydrogens is 366 g/mol. The minimum absolute atomic E-state index is 0.745. The van der Waals surface area contributed by atoms with Gasteiger partial charge in [0.1, 0.15) is 18.0 Å². The SMILES string of the molecule is Cc1cc(N2CCN(c3ncnc4c3CCCC4)CC2)nc(N2CCOCC2)n1. The number of hydrogen-bond donors (Lipinski definition) is 0. The number of rotatable bonds is 3. The van der Waals surface area contributed by atoms with Crippen molar-refractivity contribution in [2.24, 2.45) is 0 Å². The zero-order valence-electron chi connectivity index (χ0n) is 17.2. The Bertz CT molecular complexity index is 860. The zero-order chi connectivity index (χ0) is 19.6. The van der Waals surface area contributed by atoms with Crippen LogP contribution in [0.1, 0.15) is 29.8 Å². The largest absolute Gasteiger partial charge is 0.378 e. The second-order valence-corrected chi connectivity index (χ2v) is 8.07. The van der Waals surface area contributed by atoms with Crippen LogP contribution in [0.3, 0.4) is 0 Å². The summed E-state index contributed by atoms with van der Waals surface area (Å²) < 4.78 is 5.47. The van der Waals surface area contributed by atoms with Crippen LogP contribution in [0, 0.1) is 6.92 Å². The molecule has 0 bridgehead atoms. The molecule has 0 amide bonds. The van der Waals surface area contributed by atoms with Crippen molar-refractivity contribution in [3.05, 3.63) is 29.3 Å². The van der Waals surface area contributed by atoms with E-state index in [1.165, 1.54) is 24.1 Å². The van der Waals surface area contributed by atoms with Gasteiger partial charge in [0.25, 0.3) is 0 Å². The van der Waals surface area contributed by atoms with Crippen LogP contribution < -0.4 is 14.7 Å². The van der Waals surface area contributed by atoms with Crippen LogP contribution in [0.2, 0.25) is 0 Å². The van der Waals surface area contributed by atoms with E-state index in [1.54, 1.807) is 6.33 Å². The molecule has 3 aliphatic rings. The molecule has 0 spiro atoms. The molecule has 154 valence electrons. The monoisotopic (exact) mass is 395 g/mol. The van der Waals surface area contributed by atoms with E-state index in [-0.39, 0.29) is 0 Å².